The highest BCUT2D eigenvalue weighted by molar-refractivity contribution is 7.89. The van der Waals surface area contributed by atoms with Crippen LogP contribution in [0.5, 0.6) is 0 Å². The molecule has 2 heterocycles. The van der Waals surface area contributed by atoms with Gasteiger partial charge in [-0.2, -0.15) is 15.6 Å². The lowest BCUT2D eigenvalue weighted by Gasteiger charge is -2.23. The van der Waals surface area contributed by atoms with E-state index < -0.39 is 10.0 Å². The number of hydrogen-bond acceptors (Lipinski definition) is 3. The van der Waals surface area contributed by atoms with Gasteiger partial charge in [0.05, 0.1) is 10.9 Å². The molecule has 0 bridgehead atoms. The van der Waals surface area contributed by atoms with Crippen LogP contribution in [0.15, 0.2) is 46.0 Å². The van der Waals surface area contributed by atoms with Crippen molar-refractivity contribution in [2.24, 2.45) is 0 Å². The van der Waals surface area contributed by atoms with Crippen molar-refractivity contribution in [1.82, 2.24) is 4.31 Å². The molecule has 1 fully saturated rings. The molecule has 0 radical (unpaired) electrons. The summed E-state index contributed by atoms with van der Waals surface area (Å²) < 4.78 is 27.2. The molecule has 0 amide bonds. The van der Waals surface area contributed by atoms with Crippen molar-refractivity contribution in [3.8, 4) is 0 Å². The average molecular weight is 307 g/mol. The van der Waals surface area contributed by atoms with Crippen molar-refractivity contribution in [3.63, 3.8) is 0 Å². The minimum atomic E-state index is -3.39. The average Bonchev–Trinajstić information content (AvgIpc) is 3.10. The van der Waals surface area contributed by atoms with E-state index >= 15 is 0 Å². The van der Waals surface area contributed by atoms with E-state index in [0.717, 1.165) is 24.0 Å². The Bertz CT molecular complexity index is 675. The van der Waals surface area contributed by atoms with Gasteiger partial charge in [0.1, 0.15) is 0 Å². The van der Waals surface area contributed by atoms with Gasteiger partial charge < -0.3 is 0 Å². The molecular formula is C15H17NO2S2. The molecule has 106 valence electrons. The zero-order valence-corrected chi connectivity index (χ0v) is 13.0. The van der Waals surface area contributed by atoms with Gasteiger partial charge >= 0.3 is 0 Å². The molecule has 0 unspecified atom stereocenters. The lowest BCUT2D eigenvalue weighted by atomic mass is 10.1. The Morgan fingerprint density at radius 3 is 2.60 bits per heavy atom. The number of aryl methyl sites for hydroxylation is 1. The van der Waals surface area contributed by atoms with E-state index in [4.69, 9.17) is 0 Å². The van der Waals surface area contributed by atoms with Crippen LogP contribution in [-0.2, 0) is 10.0 Å². The monoisotopic (exact) mass is 307 g/mol. The van der Waals surface area contributed by atoms with Crippen LogP contribution in [0.4, 0.5) is 0 Å². The largest absolute Gasteiger partial charge is 0.243 e. The first-order valence-corrected chi connectivity index (χ1v) is 9.08. The van der Waals surface area contributed by atoms with Gasteiger partial charge in [0.15, 0.2) is 0 Å². The van der Waals surface area contributed by atoms with Crippen LogP contribution in [0.3, 0.4) is 0 Å². The highest BCUT2D eigenvalue weighted by atomic mass is 32.2. The summed E-state index contributed by atoms with van der Waals surface area (Å²) in [5, 5.41) is 4.05. The predicted molar refractivity (Wildman–Crippen MR) is 81.4 cm³/mol. The van der Waals surface area contributed by atoms with Crippen LogP contribution in [0.25, 0.3) is 0 Å². The van der Waals surface area contributed by atoms with Crippen LogP contribution in [0.1, 0.15) is 30.0 Å². The van der Waals surface area contributed by atoms with Gasteiger partial charge in [0.25, 0.3) is 0 Å². The standard InChI is InChI=1S/C15H17NO2S2/c1-12-4-6-14(7-5-12)20(17,18)16-9-2-3-15(16)13-8-10-19-11-13/h4-8,10-11,15H,2-3,9H2,1H3/t15-/m1/s1. The summed E-state index contributed by atoms with van der Waals surface area (Å²) in [6.07, 6.45) is 1.83. The number of sulfonamides is 1. The summed E-state index contributed by atoms with van der Waals surface area (Å²) in [5.41, 5.74) is 2.18. The van der Waals surface area contributed by atoms with Crippen molar-refractivity contribution in [1.29, 1.82) is 0 Å². The molecule has 1 aliphatic heterocycles. The van der Waals surface area contributed by atoms with Crippen LogP contribution < -0.4 is 0 Å². The summed E-state index contributed by atoms with van der Waals surface area (Å²) in [6.45, 7) is 2.57. The number of thiophene rings is 1. The molecule has 3 nitrogen and oxygen atoms in total. The lowest BCUT2D eigenvalue weighted by Crippen LogP contribution is -2.30. The molecule has 1 saturated heterocycles. The van der Waals surface area contributed by atoms with Crippen LogP contribution >= 0.6 is 11.3 Å². The Balaban J connectivity index is 1.96. The molecule has 20 heavy (non-hydrogen) atoms. The minimum absolute atomic E-state index is 0.00690. The first kappa shape index (κ1) is 13.8. The van der Waals surface area contributed by atoms with Crippen LogP contribution in [-0.4, -0.2) is 19.3 Å². The van der Waals surface area contributed by atoms with Gasteiger partial charge in [-0.15, -0.1) is 0 Å². The lowest BCUT2D eigenvalue weighted by molar-refractivity contribution is 0.397. The fourth-order valence-electron chi connectivity index (χ4n) is 2.67. The molecule has 2 aromatic rings. The maximum atomic E-state index is 12.8. The second-order valence-corrected chi connectivity index (χ2v) is 7.81. The number of benzene rings is 1. The van der Waals surface area contributed by atoms with E-state index in [1.807, 2.05) is 35.9 Å². The van der Waals surface area contributed by atoms with Crippen molar-refractivity contribution < 1.29 is 8.42 Å². The summed E-state index contributed by atoms with van der Waals surface area (Å²) >= 11 is 1.62. The third kappa shape index (κ3) is 2.41. The van der Waals surface area contributed by atoms with E-state index in [1.54, 1.807) is 27.8 Å². The maximum absolute atomic E-state index is 12.8. The molecule has 1 atom stereocenters. The Labute approximate surface area is 123 Å². The minimum Gasteiger partial charge on any atom is -0.207 e. The SMILES string of the molecule is Cc1ccc(S(=O)(=O)N2CCC[C@@H]2c2ccsc2)cc1. The smallest absolute Gasteiger partial charge is 0.207 e. The second-order valence-electron chi connectivity index (χ2n) is 5.14. The highest BCUT2D eigenvalue weighted by Gasteiger charge is 2.36. The van der Waals surface area contributed by atoms with Crippen LogP contribution in [0, 0.1) is 6.92 Å². The van der Waals surface area contributed by atoms with Gasteiger partial charge in [-0.25, -0.2) is 8.42 Å². The normalized spacial score (nSPS) is 20.4. The fraction of sp³-hybridized carbons (Fsp3) is 0.333. The van der Waals surface area contributed by atoms with E-state index in [9.17, 15) is 8.42 Å². The Hall–Kier alpha value is -1.17. The Kier molecular flexibility index (Phi) is 3.67. The predicted octanol–water partition coefficient (Wildman–Crippen LogP) is 3.58. The van der Waals surface area contributed by atoms with E-state index in [0.29, 0.717) is 11.4 Å². The van der Waals surface area contributed by atoms with Gasteiger partial charge in [-0.05, 0) is 54.3 Å². The summed E-state index contributed by atoms with van der Waals surface area (Å²) in [5.74, 6) is 0. The molecule has 0 spiro atoms. The van der Waals surface area contributed by atoms with E-state index in [1.165, 1.54) is 0 Å². The highest BCUT2D eigenvalue weighted by Crippen LogP contribution is 2.37. The molecule has 1 aliphatic rings. The Morgan fingerprint density at radius 1 is 1.20 bits per heavy atom. The van der Waals surface area contributed by atoms with Crippen molar-refractivity contribution >= 4 is 21.4 Å². The summed E-state index contributed by atoms with van der Waals surface area (Å²) in [4.78, 5) is 0.394. The quantitative estimate of drug-likeness (QED) is 0.869. The van der Waals surface area contributed by atoms with Crippen LogP contribution in [0.2, 0.25) is 0 Å². The molecule has 0 saturated carbocycles. The van der Waals surface area contributed by atoms with Crippen molar-refractivity contribution in [3.05, 3.63) is 52.2 Å². The first-order chi connectivity index (χ1) is 9.59. The zero-order chi connectivity index (χ0) is 14.2. The molecule has 5 heteroatoms. The number of nitrogens with zero attached hydrogens (tertiary/aromatic N) is 1. The topological polar surface area (TPSA) is 37.4 Å². The maximum Gasteiger partial charge on any atom is 0.243 e. The van der Waals surface area contributed by atoms with E-state index in [2.05, 4.69) is 0 Å². The second kappa shape index (κ2) is 5.31. The number of hydrogen-bond donors (Lipinski definition) is 0. The third-order valence-electron chi connectivity index (χ3n) is 3.76. The third-order valence-corrected chi connectivity index (χ3v) is 6.38. The molecule has 0 aliphatic carbocycles. The fourth-order valence-corrected chi connectivity index (χ4v) is 5.06. The molecular weight excluding hydrogens is 290 g/mol. The van der Waals surface area contributed by atoms with Gasteiger partial charge in [-0.1, -0.05) is 17.7 Å². The molecule has 3 rings (SSSR count). The molecule has 1 aromatic carbocycles. The molecule has 0 N–H and O–H groups in total. The van der Waals surface area contributed by atoms with Gasteiger partial charge in [0, 0.05) is 6.54 Å². The van der Waals surface area contributed by atoms with E-state index in [-0.39, 0.29) is 6.04 Å². The number of rotatable bonds is 3. The summed E-state index contributed by atoms with van der Waals surface area (Å²) in [7, 11) is -3.39. The Morgan fingerprint density at radius 2 is 1.95 bits per heavy atom. The van der Waals surface area contributed by atoms with Gasteiger partial charge in [-0.3, -0.25) is 0 Å². The van der Waals surface area contributed by atoms with Gasteiger partial charge in [0.2, 0.25) is 10.0 Å². The van der Waals surface area contributed by atoms with Crippen molar-refractivity contribution in [2.45, 2.75) is 30.7 Å². The zero-order valence-electron chi connectivity index (χ0n) is 11.3. The molecule has 1 aromatic heterocycles. The van der Waals surface area contributed by atoms with Crippen molar-refractivity contribution in [2.75, 3.05) is 6.54 Å². The summed E-state index contributed by atoms with van der Waals surface area (Å²) in [6, 6.07) is 9.12. The first-order valence-electron chi connectivity index (χ1n) is 6.69.